The van der Waals surface area contributed by atoms with Crippen LogP contribution in [0.3, 0.4) is 0 Å². The van der Waals surface area contributed by atoms with Gasteiger partial charge in [0, 0.05) is 0 Å². The van der Waals surface area contributed by atoms with Gasteiger partial charge in [-0.3, -0.25) is 4.79 Å². The maximum absolute atomic E-state index is 11.8. The fourth-order valence-electron chi connectivity index (χ4n) is 1.65. The first kappa shape index (κ1) is 15.0. The Morgan fingerprint density at radius 1 is 1.31 bits per heavy atom. The smallest absolute Gasteiger partial charge is 0.312 e. The molecular formula is C14H24O2. The van der Waals surface area contributed by atoms with Crippen molar-refractivity contribution < 1.29 is 9.53 Å². The first-order valence-electron chi connectivity index (χ1n) is 6.21. The maximum Gasteiger partial charge on any atom is 0.312 e. The highest BCUT2D eigenvalue weighted by Gasteiger charge is 2.32. The van der Waals surface area contributed by atoms with Crippen LogP contribution < -0.4 is 0 Å². The molecule has 0 aromatic heterocycles. The molecule has 1 atom stereocenters. The molecule has 0 bridgehead atoms. The fourth-order valence-corrected chi connectivity index (χ4v) is 1.65. The van der Waals surface area contributed by atoms with Crippen LogP contribution in [0.15, 0.2) is 0 Å². The zero-order chi connectivity index (χ0) is 12.4. The van der Waals surface area contributed by atoms with Gasteiger partial charge in [-0.2, -0.15) is 0 Å². The second-order valence-corrected chi connectivity index (χ2v) is 4.51. The molecule has 16 heavy (non-hydrogen) atoms. The third-order valence-electron chi connectivity index (χ3n) is 3.14. The lowest BCUT2D eigenvalue weighted by atomic mass is 9.82. The molecule has 2 heteroatoms. The molecule has 0 aliphatic rings. The first-order valence-corrected chi connectivity index (χ1v) is 6.21. The molecule has 0 aliphatic carbocycles. The third-order valence-corrected chi connectivity index (χ3v) is 3.14. The highest BCUT2D eigenvalue weighted by molar-refractivity contribution is 5.76. The van der Waals surface area contributed by atoms with Gasteiger partial charge in [0.25, 0.3) is 0 Å². The van der Waals surface area contributed by atoms with Crippen molar-refractivity contribution in [1.82, 2.24) is 0 Å². The van der Waals surface area contributed by atoms with Crippen molar-refractivity contribution in [3.63, 3.8) is 0 Å². The highest BCUT2D eigenvalue weighted by atomic mass is 16.5. The normalized spacial score (nSPS) is 13.9. The number of carbonyl (C=O) groups excluding carboxylic acids is 1. The van der Waals surface area contributed by atoms with Crippen LogP contribution in [0.4, 0.5) is 0 Å². The number of rotatable bonds is 8. The molecule has 92 valence electrons. The molecule has 0 radical (unpaired) electrons. The van der Waals surface area contributed by atoms with E-state index in [4.69, 9.17) is 11.2 Å². The molecule has 0 N–H and O–H groups in total. The summed E-state index contributed by atoms with van der Waals surface area (Å²) < 4.78 is 5.03. The second-order valence-electron chi connectivity index (χ2n) is 4.51. The lowest BCUT2D eigenvalue weighted by molar-refractivity contribution is -0.154. The van der Waals surface area contributed by atoms with E-state index in [9.17, 15) is 4.79 Å². The zero-order valence-corrected chi connectivity index (χ0v) is 10.8. The predicted molar refractivity (Wildman–Crippen MR) is 66.9 cm³/mol. The summed E-state index contributed by atoms with van der Waals surface area (Å²) in [5, 5.41) is 0. The van der Waals surface area contributed by atoms with Crippen LogP contribution in [0, 0.1) is 17.8 Å². The summed E-state index contributed by atoms with van der Waals surface area (Å²) in [6, 6.07) is 0. The average molecular weight is 224 g/mol. The Morgan fingerprint density at radius 3 is 2.50 bits per heavy atom. The number of hydrogen-bond acceptors (Lipinski definition) is 2. The first-order chi connectivity index (χ1) is 7.60. The lowest BCUT2D eigenvalue weighted by Gasteiger charge is -2.25. The molecule has 0 aromatic rings. The van der Waals surface area contributed by atoms with E-state index in [-0.39, 0.29) is 18.0 Å². The number of terminal acetylenes is 1. The predicted octanol–water partition coefficient (Wildman–Crippen LogP) is 3.55. The minimum Gasteiger partial charge on any atom is -0.452 e. The summed E-state index contributed by atoms with van der Waals surface area (Å²) in [4.78, 5) is 11.8. The van der Waals surface area contributed by atoms with Crippen LogP contribution >= 0.6 is 0 Å². The van der Waals surface area contributed by atoms with Crippen LogP contribution in [-0.2, 0) is 9.53 Å². The van der Waals surface area contributed by atoms with E-state index < -0.39 is 0 Å². The Hall–Kier alpha value is -0.970. The summed E-state index contributed by atoms with van der Waals surface area (Å²) in [6.45, 7) is 6.26. The van der Waals surface area contributed by atoms with Gasteiger partial charge in [0.05, 0.1) is 5.41 Å². The van der Waals surface area contributed by atoms with E-state index in [1.165, 1.54) is 19.3 Å². The van der Waals surface area contributed by atoms with Crippen LogP contribution in [0.25, 0.3) is 0 Å². The van der Waals surface area contributed by atoms with Gasteiger partial charge in [0.2, 0.25) is 0 Å². The minimum atomic E-state index is -0.357. The van der Waals surface area contributed by atoms with Crippen LogP contribution in [0.1, 0.15) is 59.3 Å². The largest absolute Gasteiger partial charge is 0.452 e. The molecule has 0 heterocycles. The Balaban J connectivity index is 4.08. The van der Waals surface area contributed by atoms with Gasteiger partial charge in [0.1, 0.15) is 0 Å². The Bertz CT molecular complexity index is 240. The standard InChI is InChI=1S/C14H24O2/c1-5-8-9-10-11-14(4,7-3)13(15)16-12-6-2/h2H,5,7-12H2,1,3-4H3. The number of esters is 1. The van der Waals surface area contributed by atoms with Gasteiger partial charge >= 0.3 is 5.97 Å². The van der Waals surface area contributed by atoms with Crippen molar-refractivity contribution in [2.24, 2.45) is 5.41 Å². The Kier molecular flexibility index (Phi) is 7.72. The monoisotopic (exact) mass is 224 g/mol. The van der Waals surface area contributed by atoms with Gasteiger partial charge in [-0.1, -0.05) is 45.5 Å². The van der Waals surface area contributed by atoms with Gasteiger partial charge in [-0.25, -0.2) is 0 Å². The Morgan fingerprint density at radius 2 is 2.00 bits per heavy atom. The molecule has 0 amide bonds. The van der Waals surface area contributed by atoms with Crippen molar-refractivity contribution in [2.75, 3.05) is 6.61 Å². The summed E-state index contributed by atoms with van der Waals surface area (Å²) in [5.41, 5.74) is -0.357. The van der Waals surface area contributed by atoms with E-state index >= 15 is 0 Å². The molecule has 0 aliphatic heterocycles. The van der Waals surface area contributed by atoms with Crippen molar-refractivity contribution in [2.45, 2.75) is 59.3 Å². The summed E-state index contributed by atoms with van der Waals surface area (Å²) in [7, 11) is 0. The van der Waals surface area contributed by atoms with Gasteiger partial charge in [0.15, 0.2) is 6.61 Å². The second kappa shape index (κ2) is 8.21. The number of carbonyl (C=O) groups is 1. The molecular weight excluding hydrogens is 200 g/mol. The lowest BCUT2D eigenvalue weighted by Crippen LogP contribution is -2.29. The fraction of sp³-hybridized carbons (Fsp3) is 0.786. The van der Waals surface area contributed by atoms with Gasteiger partial charge < -0.3 is 4.74 Å². The summed E-state index contributed by atoms with van der Waals surface area (Å²) in [5.74, 6) is 2.18. The number of unbranched alkanes of at least 4 members (excludes halogenated alkanes) is 3. The van der Waals surface area contributed by atoms with Crippen molar-refractivity contribution in [3.05, 3.63) is 0 Å². The molecule has 2 nitrogen and oxygen atoms in total. The van der Waals surface area contributed by atoms with E-state index in [1.54, 1.807) is 0 Å². The highest BCUT2D eigenvalue weighted by Crippen LogP contribution is 2.30. The van der Waals surface area contributed by atoms with Crippen LogP contribution in [0.5, 0.6) is 0 Å². The quantitative estimate of drug-likeness (QED) is 0.358. The SMILES string of the molecule is C#CCOC(=O)C(C)(CC)CCCCCC. The van der Waals surface area contributed by atoms with E-state index in [0.717, 1.165) is 19.3 Å². The number of ether oxygens (including phenoxy) is 1. The molecule has 0 saturated heterocycles. The van der Waals surface area contributed by atoms with Crippen molar-refractivity contribution in [3.8, 4) is 12.3 Å². The molecule has 0 rings (SSSR count). The molecule has 0 fully saturated rings. The molecule has 0 spiro atoms. The average Bonchev–Trinajstić information content (AvgIpc) is 2.31. The summed E-state index contributed by atoms with van der Waals surface area (Å²) in [6.07, 6.45) is 11.5. The third kappa shape index (κ3) is 5.21. The van der Waals surface area contributed by atoms with Gasteiger partial charge in [-0.15, -0.1) is 6.42 Å². The molecule has 0 saturated carbocycles. The summed E-state index contributed by atoms with van der Waals surface area (Å²) >= 11 is 0. The number of hydrogen-bond donors (Lipinski definition) is 0. The van der Waals surface area contributed by atoms with Crippen molar-refractivity contribution in [1.29, 1.82) is 0 Å². The minimum absolute atomic E-state index is 0.0867. The topological polar surface area (TPSA) is 26.3 Å². The van der Waals surface area contributed by atoms with E-state index in [1.807, 2.05) is 13.8 Å². The van der Waals surface area contributed by atoms with E-state index in [0.29, 0.717) is 0 Å². The van der Waals surface area contributed by atoms with Crippen LogP contribution in [0.2, 0.25) is 0 Å². The van der Waals surface area contributed by atoms with Crippen molar-refractivity contribution >= 4 is 5.97 Å². The van der Waals surface area contributed by atoms with E-state index in [2.05, 4.69) is 12.8 Å². The molecule has 0 aromatic carbocycles. The van der Waals surface area contributed by atoms with Crippen LogP contribution in [-0.4, -0.2) is 12.6 Å². The maximum atomic E-state index is 11.8. The zero-order valence-electron chi connectivity index (χ0n) is 10.8. The molecule has 1 unspecified atom stereocenters. The Labute approximate surface area is 99.8 Å². The van der Waals surface area contributed by atoms with Gasteiger partial charge in [-0.05, 0) is 19.8 Å².